The molecule has 0 aliphatic heterocycles. The van der Waals surface area contributed by atoms with Crippen molar-refractivity contribution in [1.82, 2.24) is 0 Å². The smallest absolute Gasteiger partial charge is 0.312 e. The van der Waals surface area contributed by atoms with Gasteiger partial charge in [0.15, 0.2) is 0 Å². The summed E-state index contributed by atoms with van der Waals surface area (Å²) in [5.74, 6) is -0.682. The molecule has 0 heterocycles. The van der Waals surface area contributed by atoms with Gasteiger partial charge in [-0.05, 0) is 26.2 Å². The molecule has 3 heteroatoms. The maximum absolute atomic E-state index is 11.3. The van der Waals surface area contributed by atoms with Crippen LogP contribution in [0.5, 0.6) is 0 Å². The Morgan fingerprint density at radius 1 is 1.50 bits per heavy atom. The summed E-state index contributed by atoms with van der Waals surface area (Å²) in [4.78, 5) is 11.3. The fourth-order valence-corrected chi connectivity index (χ4v) is 2.45. The third kappa shape index (κ3) is 1.92. The van der Waals surface area contributed by atoms with E-state index in [1.165, 1.54) is 0 Å². The molecule has 3 nitrogen and oxygen atoms in total. The van der Waals surface area contributed by atoms with Crippen LogP contribution in [0.2, 0.25) is 0 Å². The molecule has 14 heavy (non-hydrogen) atoms. The summed E-state index contributed by atoms with van der Waals surface area (Å²) < 4.78 is 5.57. The van der Waals surface area contributed by atoms with E-state index >= 15 is 0 Å². The van der Waals surface area contributed by atoms with E-state index in [0.717, 1.165) is 25.7 Å². The number of carboxylic acid groups (broad SMARTS) is 1. The van der Waals surface area contributed by atoms with Crippen molar-refractivity contribution in [2.75, 3.05) is 6.61 Å². The Kier molecular flexibility index (Phi) is 3.93. The Hall–Kier alpha value is -0.570. The number of ether oxygens (including phenoxy) is 1. The molecule has 1 rings (SSSR count). The average Bonchev–Trinajstić information content (AvgIpc) is 2.19. The average molecular weight is 200 g/mol. The first kappa shape index (κ1) is 11.5. The Labute approximate surface area is 85.5 Å². The van der Waals surface area contributed by atoms with Gasteiger partial charge in [-0.3, -0.25) is 4.79 Å². The Morgan fingerprint density at radius 2 is 2.21 bits per heavy atom. The van der Waals surface area contributed by atoms with Crippen molar-refractivity contribution in [2.24, 2.45) is 5.41 Å². The van der Waals surface area contributed by atoms with Gasteiger partial charge in [0, 0.05) is 6.61 Å². The van der Waals surface area contributed by atoms with E-state index in [9.17, 15) is 9.90 Å². The summed E-state index contributed by atoms with van der Waals surface area (Å²) in [6.45, 7) is 4.49. The number of hydrogen-bond donors (Lipinski definition) is 1. The van der Waals surface area contributed by atoms with E-state index in [-0.39, 0.29) is 6.10 Å². The summed E-state index contributed by atoms with van der Waals surface area (Å²) in [6.07, 6.45) is 4.37. The minimum atomic E-state index is -0.682. The molecule has 2 atom stereocenters. The standard InChI is InChI=1S/C11H20O3/c1-3-11(10(12)13)8-6-5-7-9(11)14-4-2/h9H,3-8H2,1-2H3,(H,12,13). The molecule has 2 unspecified atom stereocenters. The number of aliphatic carboxylic acids is 1. The van der Waals surface area contributed by atoms with Gasteiger partial charge < -0.3 is 9.84 Å². The summed E-state index contributed by atoms with van der Waals surface area (Å²) in [6, 6.07) is 0. The van der Waals surface area contributed by atoms with Gasteiger partial charge in [-0.2, -0.15) is 0 Å². The van der Waals surface area contributed by atoms with E-state index in [1.807, 2.05) is 13.8 Å². The lowest BCUT2D eigenvalue weighted by molar-refractivity contribution is -0.165. The van der Waals surface area contributed by atoms with Crippen molar-refractivity contribution in [3.63, 3.8) is 0 Å². The number of rotatable bonds is 4. The number of carboxylic acids is 1. The van der Waals surface area contributed by atoms with Crippen molar-refractivity contribution in [1.29, 1.82) is 0 Å². The van der Waals surface area contributed by atoms with Crippen LogP contribution in [0.3, 0.4) is 0 Å². The predicted molar refractivity (Wildman–Crippen MR) is 54.2 cm³/mol. The van der Waals surface area contributed by atoms with Crippen molar-refractivity contribution in [3.05, 3.63) is 0 Å². The van der Waals surface area contributed by atoms with Gasteiger partial charge >= 0.3 is 5.97 Å². The van der Waals surface area contributed by atoms with Crippen molar-refractivity contribution in [3.8, 4) is 0 Å². The van der Waals surface area contributed by atoms with E-state index < -0.39 is 11.4 Å². The van der Waals surface area contributed by atoms with E-state index in [4.69, 9.17) is 4.74 Å². The van der Waals surface area contributed by atoms with Crippen LogP contribution in [-0.4, -0.2) is 23.8 Å². The summed E-state index contributed by atoms with van der Waals surface area (Å²) in [5, 5.41) is 9.31. The van der Waals surface area contributed by atoms with Gasteiger partial charge in [0.05, 0.1) is 11.5 Å². The van der Waals surface area contributed by atoms with Crippen LogP contribution in [0.15, 0.2) is 0 Å². The molecule has 1 aliphatic carbocycles. The molecule has 1 fully saturated rings. The van der Waals surface area contributed by atoms with Crippen molar-refractivity contribution >= 4 is 5.97 Å². The Balaban J connectivity index is 2.81. The molecular formula is C11H20O3. The fraction of sp³-hybridized carbons (Fsp3) is 0.909. The van der Waals surface area contributed by atoms with Gasteiger partial charge in [0.1, 0.15) is 0 Å². The van der Waals surface area contributed by atoms with Gasteiger partial charge in [-0.15, -0.1) is 0 Å². The molecule has 1 aliphatic rings. The highest BCUT2D eigenvalue weighted by molar-refractivity contribution is 5.75. The lowest BCUT2D eigenvalue weighted by Crippen LogP contribution is -2.45. The number of hydrogen-bond acceptors (Lipinski definition) is 2. The molecular weight excluding hydrogens is 180 g/mol. The van der Waals surface area contributed by atoms with Crippen LogP contribution in [0.25, 0.3) is 0 Å². The summed E-state index contributed by atoms with van der Waals surface area (Å²) >= 11 is 0. The molecule has 0 spiro atoms. The summed E-state index contributed by atoms with van der Waals surface area (Å²) in [7, 11) is 0. The van der Waals surface area contributed by atoms with Gasteiger partial charge in [0.2, 0.25) is 0 Å². The fourth-order valence-electron chi connectivity index (χ4n) is 2.45. The van der Waals surface area contributed by atoms with Crippen molar-refractivity contribution < 1.29 is 14.6 Å². The van der Waals surface area contributed by atoms with E-state index in [2.05, 4.69) is 0 Å². The molecule has 0 radical (unpaired) electrons. The highest BCUT2D eigenvalue weighted by Gasteiger charge is 2.46. The van der Waals surface area contributed by atoms with Gasteiger partial charge in [-0.1, -0.05) is 19.8 Å². The third-order valence-electron chi connectivity index (χ3n) is 3.38. The van der Waals surface area contributed by atoms with Crippen LogP contribution in [0.1, 0.15) is 46.0 Å². The maximum atomic E-state index is 11.3. The van der Waals surface area contributed by atoms with Crippen LogP contribution in [-0.2, 0) is 9.53 Å². The molecule has 1 N–H and O–H groups in total. The molecule has 0 aromatic rings. The first-order chi connectivity index (χ1) is 6.67. The topological polar surface area (TPSA) is 46.5 Å². The molecule has 0 aromatic heterocycles. The van der Waals surface area contributed by atoms with E-state index in [1.54, 1.807) is 0 Å². The third-order valence-corrected chi connectivity index (χ3v) is 3.38. The lowest BCUT2D eigenvalue weighted by atomic mass is 9.70. The minimum absolute atomic E-state index is 0.0799. The molecule has 0 amide bonds. The second-order valence-electron chi connectivity index (χ2n) is 4.00. The zero-order valence-corrected chi connectivity index (χ0v) is 9.08. The highest BCUT2D eigenvalue weighted by Crippen LogP contribution is 2.41. The van der Waals surface area contributed by atoms with Gasteiger partial charge in [-0.25, -0.2) is 0 Å². The Morgan fingerprint density at radius 3 is 2.71 bits per heavy atom. The number of carbonyl (C=O) groups is 1. The normalized spacial score (nSPS) is 32.9. The van der Waals surface area contributed by atoms with Crippen LogP contribution in [0.4, 0.5) is 0 Å². The molecule has 82 valence electrons. The van der Waals surface area contributed by atoms with Crippen LogP contribution >= 0.6 is 0 Å². The monoisotopic (exact) mass is 200 g/mol. The first-order valence-corrected chi connectivity index (χ1v) is 5.52. The van der Waals surface area contributed by atoms with Crippen LogP contribution < -0.4 is 0 Å². The zero-order valence-electron chi connectivity index (χ0n) is 9.08. The zero-order chi connectivity index (χ0) is 10.6. The lowest BCUT2D eigenvalue weighted by Gasteiger charge is -2.39. The van der Waals surface area contributed by atoms with Crippen molar-refractivity contribution in [2.45, 2.75) is 52.1 Å². The second kappa shape index (κ2) is 4.78. The predicted octanol–water partition coefficient (Wildman–Crippen LogP) is 2.45. The van der Waals surface area contributed by atoms with Gasteiger partial charge in [0.25, 0.3) is 0 Å². The summed E-state index contributed by atoms with van der Waals surface area (Å²) in [5.41, 5.74) is -0.617. The quantitative estimate of drug-likeness (QED) is 0.758. The largest absolute Gasteiger partial charge is 0.481 e. The molecule has 0 bridgehead atoms. The molecule has 1 saturated carbocycles. The van der Waals surface area contributed by atoms with E-state index in [0.29, 0.717) is 13.0 Å². The Bertz CT molecular complexity index is 201. The second-order valence-corrected chi connectivity index (χ2v) is 4.00. The first-order valence-electron chi connectivity index (χ1n) is 5.52. The molecule has 0 aromatic carbocycles. The molecule has 0 saturated heterocycles. The SMILES string of the molecule is CCOC1CCCCC1(CC)C(=O)O. The van der Waals surface area contributed by atoms with Crippen LogP contribution in [0, 0.1) is 5.41 Å². The maximum Gasteiger partial charge on any atom is 0.312 e. The highest BCUT2D eigenvalue weighted by atomic mass is 16.5. The minimum Gasteiger partial charge on any atom is -0.481 e.